The van der Waals surface area contributed by atoms with E-state index in [1.165, 1.54) is 0 Å². The van der Waals surface area contributed by atoms with E-state index in [1.807, 2.05) is 0 Å². The van der Waals surface area contributed by atoms with Crippen molar-refractivity contribution in [2.24, 2.45) is 16.6 Å². The minimum absolute atomic E-state index is 0.101. The Labute approximate surface area is 80.1 Å². The Hall–Kier alpha value is -1.09. The van der Waals surface area contributed by atoms with Gasteiger partial charge in [-0.2, -0.15) is 0 Å². The largest absolute Gasteiger partial charge is 0.388 e. The predicted octanol–water partition coefficient (Wildman–Crippen LogP) is -3.80. The number of hydrogen-bond acceptors (Lipinski definition) is 6. The van der Waals surface area contributed by atoms with Crippen LogP contribution in [0, 0.1) is 0 Å². The summed E-state index contributed by atoms with van der Waals surface area (Å²) in [6, 6.07) is 0. The molecule has 82 valence electrons. The molecule has 0 saturated carbocycles. The van der Waals surface area contributed by atoms with Crippen LogP contribution in [0.2, 0.25) is 0 Å². The highest BCUT2D eigenvalue weighted by Crippen LogP contribution is 2.13. The zero-order valence-electron chi connectivity index (χ0n) is 7.37. The van der Waals surface area contributed by atoms with Crippen LogP contribution in [0.1, 0.15) is 0 Å². The molecular weight excluding hydrogens is 192 g/mol. The SMILES string of the molecule is NC(N)=NN[C@H]1OC[C@H](O)[C@H](O)[C@H]1O. The van der Waals surface area contributed by atoms with Gasteiger partial charge in [-0.05, 0) is 0 Å². The van der Waals surface area contributed by atoms with Gasteiger partial charge in [-0.15, -0.1) is 5.10 Å². The molecule has 8 heteroatoms. The quantitative estimate of drug-likeness (QED) is 0.154. The van der Waals surface area contributed by atoms with Crippen LogP contribution in [-0.4, -0.2) is 52.4 Å². The third-order valence-corrected chi connectivity index (χ3v) is 1.82. The third kappa shape index (κ3) is 2.45. The number of aliphatic hydroxyl groups excluding tert-OH is 3. The summed E-state index contributed by atoms with van der Waals surface area (Å²) in [6.07, 6.45) is -4.62. The third-order valence-electron chi connectivity index (χ3n) is 1.82. The molecule has 0 bridgehead atoms. The first-order chi connectivity index (χ1) is 6.52. The molecule has 0 spiro atoms. The molecule has 4 atom stereocenters. The van der Waals surface area contributed by atoms with E-state index in [9.17, 15) is 10.2 Å². The van der Waals surface area contributed by atoms with Gasteiger partial charge < -0.3 is 31.5 Å². The fraction of sp³-hybridized carbons (Fsp3) is 0.833. The molecule has 0 aliphatic carbocycles. The van der Waals surface area contributed by atoms with Gasteiger partial charge in [0, 0.05) is 0 Å². The van der Waals surface area contributed by atoms with E-state index in [4.69, 9.17) is 21.3 Å². The monoisotopic (exact) mass is 206 g/mol. The van der Waals surface area contributed by atoms with E-state index in [-0.39, 0.29) is 12.6 Å². The Morgan fingerprint density at radius 1 is 1.29 bits per heavy atom. The van der Waals surface area contributed by atoms with E-state index >= 15 is 0 Å². The number of guanidine groups is 1. The lowest BCUT2D eigenvalue weighted by Gasteiger charge is -2.34. The van der Waals surface area contributed by atoms with Gasteiger partial charge in [0.2, 0.25) is 5.96 Å². The number of hydrogen-bond donors (Lipinski definition) is 6. The minimum Gasteiger partial charge on any atom is -0.388 e. The van der Waals surface area contributed by atoms with Crippen molar-refractivity contribution in [3.05, 3.63) is 0 Å². The van der Waals surface area contributed by atoms with Gasteiger partial charge in [0.1, 0.15) is 18.3 Å². The topological polar surface area (TPSA) is 146 Å². The number of aliphatic hydroxyl groups is 3. The first-order valence-electron chi connectivity index (χ1n) is 4.02. The van der Waals surface area contributed by atoms with Gasteiger partial charge in [-0.1, -0.05) is 0 Å². The Balaban J connectivity index is 2.51. The van der Waals surface area contributed by atoms with E-state index in [0.29, 0.717) is 0 Å². The molecular formula is C6H14N4O4. The summed E-state index contributed by atoms with van der Waals surface area (Å²) in [5.74, 6) is -0.221. The average Bonchev–Trinajstić information content (AvgIpc) is 2.13. The van der Waals surface area contributed by atoms with Gasteiger partial charge in [0.25, 0.3) is 0 Å². The molecule has 1 heterocycles. The highest BCUT2D eigenvalue weighted by atomic mass is 16.5. The maximum atomic E-state index is 9.37. The van der Waals surface area contributed by atoms with Gasteiger partial charge in [-0.3, -0.25) is 5.43 Å². The molecule has 0 aromatic heterocycles. The summed E-state index contributed by atoms with van der Waals surface area (Å²) in [4.78, 5) is 0. The molecule has 1 saturated heterocycles. The normalized spacial score (nSPS) is 37.6. The lowest BCUT2D eigenvalue weighted by Crippen LogP contribution is -2.57. The van der Waals surface area contributed by atoms with Crippen molar-refractivity contribution >= 4 is 5.96 Å². The first-order valence-corrected chi connectivity index (χ1v) is 4.02. The fourth-order valence-electron chi connectivity index (χ4n) is 1.06. The number of ether oxygens (including phenoxy) is 1. The van der Waals surface area contributed by atoms with Crippen molar-refractivity contribution in [2.75, 3.05) is 6.61 Å². The Bertz CT molecular complexity index is 220. The molecule has 0 aromatic carbocycles. The lowest BCUT2D eigenvalue weighted by molar-refractivity contribution is -0.195. The van der Waals surface area contributed by atoms with Crippen molar-refractivity contribution in [1.82, 2.24) is 5.43 Å². The number of nitrogens with two attached hydrogens (primary N) is 2. The number of nitrogens with zero attached hydrogens (tertiary/aromatic N) is 1. The number of rotatable bonds is 2. The summed E-state index contributed by atoms with van der Waals surface area (Å²) in [5, 5.41) is 31.1. The Morgan fingerprint density at radius 2 is 1.93 bits per heavy atom. The fourth-order valence-corrected chi connectivity index (χ4v) is 1.06. The summed E-state index contributed by atoms with van der Waals surface area (Å²) in [7, 11) is 0. The summed E-state index contributed by atoms with van der Waals surface area (Å²) in [5.41, 5.74) is 12.4. The summed E-state index contributed by atoms with van der Waals surface area (Å²) >= 11 is 0. The van der Waals surface area contributed by atoms with Crippen LogP contribution in [0.15, 0.2) is 5.10 Å². The molecule has 1 aliphatic rings. The second-order valence-electron chi connectivity index (χ2n) is 2.97. The van der Waals surface area contributed by atoms with Crippen LogP contribution in [0.25, 0.3) is 0 Å². The Kier molecular flexibility index (Phi) is 3.47. The molecule has 0 unspecified atom stereocenters. The van der Waals surface area contributed by atoms with Crippen LogP contribution in [0.3, 0.4) is 0 Å². The van der Waals surface area contributed by atoms with E-state index < -0.39 is 24.5 Å². The molecule has 8 nitrogen and oxygen atoms in total. The second-order valence-corrected chi connectivity index (χ2v) is 2.97. The standard InChI is InChI=1S/C6H14N4O4/c7-6(8)10-9-5-4(13)3(12)2(11)1-14-5/h2-5,9,11-13H,1H2,(H4,7,8,10)/t2-,3-,4+,5-/m0/s1. The van der Waals surface area contributed by atoms with Crippen LogP contribution >= 0.6 is 0 Å². The van der Waals surface area contributed by atoms with Crippen LogP contribution < -0.4 is 16.9 Å². The summed E-state index contributed by atoms with van der Waals surface area (Å²) in [6.45, 7) is -0.101. The van der Waals surface area contributed by atoms with Crippen molar-refractivity contribution in [2.45, 2.75) is 24.5 Å². The van der Waals surface area contributed by atoms with Crippen LogP contribution in [0.4, 0.5) is 0 Å². The lowest BCUT2D eigenvalue weighted by atomic mass is 10.1. The van der Waals surface area contributed by atoms with Gasteiger partial charge in [0.15, 0.2) is 6.23 Å². The first kappa shape index (κ1) is 11.0. The van der Waals surface area contributed by atoms with E-state index in [0.717, 1.165) is 0 Å². The van der Waals surface area contributed by atoms with Crippen molar-refractivity contribution in [1.29, 1.82) is 0 Å². The van der Waals surface area contributed by atoms with Crippen LogP contribution in [0.5, 0.6) is 0 Å². The van der Waals surface area contributed by atoms with E-state index in [2.05, 4.69) is 10.5 Å². The highest BCUT2D eigenvalue weighted by Gasteiger charge is 2.37. The van der Waals surface area contributed by atoms with Gasteiger partial charge in [-0.25, -0.2) is 0 Å². The maximum absolute atomic E-state index is 9.37. The molecule has 0 amide bonds. The molecule has 8 N–H and O–H groups in total. The minimum atomic E-state index is -1.29. The van der Waals surface area contributed by atoms with E-state index in [1.54, 1.807) is 0 Å². The van der Waals surface area contributed by atoms with Crippen molar-refractivity contribution < 1.29 is 20.1 Å². The molecule has 1 aliphatic heterocycles. The van der Waals surface area contributed by atoms with Gasteiger partial charge in [0.05, 0.1) is 6.61 Å². The summed E-state index contributed by atoms with van der Waals surface area (Å²) < 4.78 is 4.93. The average molecular weight is 206 g/mol. The smallest absolute Gasteiger partial charge is 0.208 e. The predicted molar refractivity (Wildman–Crippen MR) is 46.7 cm³/mol. The molecule has 1 fully saturated rings. The maximum Gasteiger partial charge on any atom is 0.208 e. The highest BCUT2D eigenvalue weighted by molar-refractivity contribution is 5.75. The number of hydrazone groups is 1. The molecule has 14 heavy (non-hydrogen) atoms. The van der Waals surface area contributed by atoms with Gasteiger partial charge >= 0.3 is 0 Å². The van der Waals surface area contributed by atoms with Crippen molar-refractivity contribution in [3.8, 4) is 0 Å². The zero-order chi connectivity index (χ0) is 10.7. The zero-order valence-corrected chi connectivity index (χ0v) is 7.37. The second kappa shape index (κ2) is 4.42. The van der Waals surface area contributed by atoms with Crippen LogP contribution in [-0.2, 0) is 4.74 Å². The molecule has 0 aromatic rings. The number of nitrogens with one attached hydrogen (secondary N) is 1. The molecule has 1 rings (SSSR count). The molecule has 0 radical (unpaired) electrons. The van der Waals surface area contributed by atoms with Crippen molar-refractivity contribution in [3.63, 3.8) is 0 Å². The Morgan fingerprint density at radius 3 is 2.50 bits per heavy atom.